The molecule has 124 valence electrons. The molecule has 0 saturated heterocycles. The summed E-state index contributed by atoms with van der Waals surface area (Å²) < 4.78 is 5.42. The van der Waals surface area contributed by atoms with Crippen LogP contribution < -0.4 is 15.4 Å². The Bertz CT molecular complexity index is 856. The quantitative estimate of drug-likeness (QED) is 0.852. The van der Waals surface area contributed by atoms with Crippen molar-refractivity contribution in [2.24, 2.45) is 0 Å². The van der Waals surface area contributed by atoms with Gasteiger partial charge in [-0.2, -0.15) is 0 Å². The van der Waals surface area contributed by atoms with Crippen LogP contribution >= 0.6 is 11.3 Å². The Morgan fingerprint density at radius 1 is 1.29 bits per heavy atom. The van der Waals surface area contributed by atoms with Crippen molar-refractivity contribution in [3.05, 3.63) is 39.8 Å². The number of amides is 1. The highest BCUT2D eigenvalue weighted by atomic mass is 32.1. The molecule has 2 aliphatic rings. The van der Waals surface area contributed by atoms with E-state index in [2.05, 4.69) is 0 Å². The lowest BCUT2D eigenvalue weighted by Gasteiger charge is -2.26. The number of likely N-dealkylation sites (N-methyl/N-ethyl adjacent to an activating group) is 1. The molecule has 5 nitrogen and oxygen atoms in total. The molecule has 1 aromatic carbocycles. The van der Waals surface area contributed by atoms with E-state index in [4.69, 9.17) is 10.5 Å². The highest BCUT2D eigenvalue weighted by Crippen LogP contribution is 2.39. The van der Waals surface area contributed by atoms with Crippen molar-refractivity contribution in [2.75, 3.05) is 24.3 Å². The van der Waals surface area contributed by atoms with E-state index >= 15 is 0 Å². The standard InChI is InChI=1S/C18H18N2O3S/c1-20-12-8-10(6-7-13(12)23-9-15(20)21)17(22)16-11-4-2-3-5-14(11)24-18(16)19/h6-8H,2-5,9,19H2,1H3. The number of hydrogen-bond acceptors (Lipinski definition) is 5. The summed E-state index contributed by atoms with van der Waals surface area (Å²) in [6.07, 6.45) is 4.17. The average molecular weight is 342 g/mol. The molecule has 4 rings (SSSR count). The Morgan fingerprint density at radius 3 is 2.92 bits per heavy atom. The minimum absolute atomic E-state index is 0.0295. The first-order valence-corrected chi connectivity index (χ1v) is 8.86. The maximum atomic E-state index is 13.1. The molecule has 0 saturated carbocycles. The van der Waals surface area contributed by atoms with Gasteiger partial charge in [-0.3, -0.25) is 9.59 Å². The first-order chi connectivity index (χ1) is 11.6. The van der Waals surface area contributed by atoms with Crippen LogP contribution in [0.2, 0.25) is 0 Å². The van der Waals surface area contributed by atoms with E-state index in [-0.39, 0.29) is 18.3 Å². The fourth-order valence-electron chi connectivity index (χ4n) is 3.39. The molecule has 6 heteroatoms. The zero-order chi connectivity index (χ0) is 16.8. The Balaban J connectivity index is 1.76. The molecule has 0 fully saturated rings. The molecule has 1 amide bonds. The van der Waals surface area contributed by atoms with Crippen LogP contribution in [0.15, 0.2) is 18.2 Å². The van der Waals surface area contributed by atoms with Gasteiger partial charge in [0.05, 0.1) is 16.3 Å². The number of nitrogen functional groups attached to an aromatic ring is 1. The Kier molecular flexibility index (Phi) is 3.57. The summed E-state index contributed by atoms with van der Waals surface area (Å²) in [5, 5.41) is 0.602. The molecule has 0 bridgehead atoms. The van der Waals surface area contributed by atoms with E-state index in [1.165, 1.54) is 21.1 Å². The third-order valence-corrected chi connectivity index (χ3v) is 5.85. The molecule has 1 aromatic heterocycles. The van der Waals surface area contributed by atoms with Crippen molar-refractivity contribution in [3.63, 3.8) is 0 Å². The summed E-state index contributed by atoms with van der Waals surface area (Å²) in [5.74, 6) is 0.426. The van der Waals surface area contributed by atoms with Crippen LogP contribution in [-0.2, 0) is 17.6 Å². The molecule has 0 unspecified atom stereocenters. The third-order valence-electron chi connectivity index (χ3n) is 4.73. The van der Waals surface area contributed by atoms with E-state index in [0.717, 1.165) is 31.2 Å². The van der Waals surface area contributed by atoms with Crippen molar-refractivity contribution in [3.8, 4) is 5.75 Å². The maximum absolute atomic E-state index is 13.1. The number of nitrogens with zero attached hydrogens (tertiary/aromatic N) is 1. The van der Waals surface area contributed by atoms with Crippen LogP contribution in [0.25, 0.3) is 0 Å². The number of anilines is 2. The monoisotopic (exact) mass is 342 g/mol. The van der Waals surface area contributed by atoms with Gasteiger partial charge in [0.2, 0.25) is 0 Å². The molecular weight excluding hydrogens is 324 g/mol. The molecular formula is C18H18N2O3S. The minimum Gasteiger partial charge on any atom is -0.482 e. The topological polar surface area (TPSA) is 72.6 Å². The lowest BCUT2D eigenvalue weighted by Crippen LogP contribution is -2.35. The zero-order valence-corrected chi connectivity index (χ0v) is 14.2. The number of aryl methyl sites for hydroxylation is 1. The predicted octanol–water partition coefficient (Wildman–Crippen LogP) is 2.80. The van der Waals surface area contributed by atoms with Crippen LogP contribution in [-0.4, -0.2) is 25.3 Å². The van der Waals surface area contributed by atoms with Crippen LogP contribution in [0.3, 0.4) is 0 Å². The first-order valence-electron chi connectivity index (χ1n) is 8.04. The summed E-state index contributed by atoms with van der Waals surface area (Å²) in [6.45, 7) is 0.0295. The second kappa shape index (κ2) is 5.63. The smallest absolute Gasteiger partial charge is 0.264 e. The van der Waals surface area contributed by atoms with E-state index < -0.39 is 0 Å². The molecule has 2 aromatic rings. The van der Waals surface area contributed by atoms with Gasteiger partial charge < -0.3 is 15.4 Å². The lowest BCUT2D eigenvalue weighted by atomic mass is 9.91. The second-order valence-electron chi connectivity index (χ2n) is 6.20. The van der Waals surface area contributed by atoms with Gasteiger partial charge in [0, 0.05) is 17.5 Å². The molecule has 2 N–H and O–H groups in total. The highest BCUT2D eigenvalue weighted by molar-refractivity contribution is 7.16. The van der Waals surface area contributed by atoms with Crippen molar-refractivity contribution < 1.29 is 14.3 Å². The van der Waals surface area contributed by atoms with E-state index in [9.17, 15) is 9.59 Å². The van der Waals surface area contributed by atoms with Gasteiger partial charge in [0.15, 0.2) is 12.4 Å². The van der Waals surface area contributed by atoms with Crippen molar-refractivity contribution in [2.45, 2.75) is 25.7 Å². The summed E-state index contributed by atoms with van der Waals surface area (Å²) in [5.41, 5.74) is 9.09. The van der Waals surface area contributed by atoms with Gasteiger partial charge in [-0.25, -0.2) is 0 Å². The average Bonchev–Trinajstić information content (AvgIpc) is 2.93. The largest absolute Gasteiger partial charge is 0.482 e. The molecule has 1 aliphatic heterocycles. The second-order valence-corrected chi connectivity index (χ2v) is 7.34. The third kappa shape index (κ3) is 2.29. The van der Waals surface area contributed by atoms with Gasteiger partial charge in [0.25, 0.3) is 5.91 Å². The number of hydrogen-bond donors (Lipinski definition) is 1. The Morgan fingerprint density at radius 2 is 2.08 bits per heavy atom. The van der Waals surface area contributed by atoms with Gasteiger partial charge in [-0.05, 0) is 49.4 Å². The zero-order valence-electron chi connectivity index (χ0n) is 13.4. The van der Waals surface area contributed by atoms with Gasteiger partial charge in [-0.1, -0.05) is 0 Å². The SMILES string of the molecule is CN1C(=O)COc2ccc(C(=O)c3c(N)sc4c3CCCC4)cc21. The molecule has 0 atom stereocenters. The summed E-state index contributed by atoms with van der Waals surface area (Å²) in [7, 11) is 1.69. The van der Waals surface area contributed by atoms with E-state index in [0.29, 0.717) is 27.6 Å². The predicted molar refractivity (Wildman–Crippen MR) is 94.2 cm³/mol. The summed E-state index contributed by atoms with van der Waals surface area (Å²) >= 11 is 1.54. The van der Waals surface area contributed by atoms with Crippen molar-refractivity contribution in [1.29, 1.82) is 0 Å². The van der Waals surface area contributed by atoms with E-state index in [1.807, 2.05) is 0 Å². The van der Waals surface area contributed by atoms with Crippen LogP contribution in [0.5, 0.6) is 5.75 Å². The van der Waals surface area contributed by atoms with Crippen LogP contribution in [0.4, 0.5) is 10.7 Å². The van der Waals surface area contributed by atoms with Gasteiger partial charge in [0.1, 0.15) is 5.75 Å². The summed E-state index contributed by atoms with van der Waals surface area (Å²) in [6, 6.07) is 5.22. The number of rotatable bonds is 2. The van der Waals surface area contributed by atoms with Gasteiger partial charge >= 0.3 is 0 Å². The fraction of sp³-hybridized carbons (Fsp3) is 0.333. The lowest BCUT2D eigenvalue weighted by molar-refractivity contribution is -0.120. The van der Waals surface area contributed by atoms with Crippen LogP contribution in [0.1, 0.15) is 39.2 Å². The number of carbonyl (C=O) groups excluding carboxylic acids is 2. The number of carbonyl (C=O) groups is 2. The maximum Gasteiger partial charge on any atom is 0.264 e. The van der Waals surface area contributed by atoms with Crippen molar-refractivity contribution in [1.82, 2.24) is 0 Å². The number of ether oxygens (including phenoxy) is 1. The molecule has 0 radical (unpaired) electrons. The van der Waals surface area contributed by atoms with E-state index in [1.54, 1.807) is 25.2 Å². The number of thiophene rings is 1. The number of benzene rings is 1. The molecule has 2 heterocycles. The number of fused-ring (bicyclic) bond motifs is 2. The highest BCUT2D eigenvalue weighted by Gasteiger charge is 2.27. The minimum atomic E-state index is -0.125. The normalized spacial score (nSPS) is 16.4. The molecule has 24 heavy (non-hydrogen) atoms. The molecule has 1 aliphatic carbocycles. The number of ketones is 1. The Labute approximate surface area is 144 Å². The van der Waals surface area contributed by atoms with Crippen LogP contribution in [0, 0.1) is 0 Å². The Hall–Kier alpha value is -2.34. The first kappa shape index (κ1) is 15.2. The van der Waals surface area contributed by atoms with Gasteiger partial charge in [-0.15, -0.1) is 11.3 Å². The summed E-state index contributed by atoms with van der Waals surface area (Å²) in [4.78, 5) is 27.6. The van der Waals surface area contributed by atoms with Crippen molar-refractivity contribution >= 4 is 33.7 Å². The number of nitrogens with two attached hydrogens (primary N) is 1. The fourth-order valence-corrected chi connectivity index (χ4v) is 4.55. The molecule has 0 spiro atoms.